The van der Waals surface area contributed by atoms with E-state index in [9.17, 15) is 9.59 Å². The minimum atomic E-state index is -0.220. The van der Waals surface area contributed by atoms with Crippen LogP contribution in [0.1, 0.15) is 40.3 Å². The maximum absolute atomic E-state index is 13.5. The number of nitrogens with zero attached hydrogens (tertiary/aromatic N) is 3. The summed E-state index contributed by atoms with van der Waals surface area (Å²) in [5.74, 6) is 0.212. The number of fused-ring (bicyclic) bond motifs is 1. The van der Waals surface area contributed by atoms with Gasteiger partial charge in [-0.05, 0) is 44.5 Å². The summed E-state index contributed by atoms with van der Waals surface area (Å²) in [5, 5.41) is 1.12. The highest BCUT2D eigenvalue weighted by Gasteiger charge is 2.21. The Labute approximate surface area is 203 Å². The van der Waals surface area contributed by atoms with Crippen molar-refractivity contribution in [1.29, 1.82) is 0 Å². The monoisotopic (exact) mass is 475 g/mol. The highest BCUT2D eigenvalue weighted by atomic mass is 32.2. The summed E-state index contributed by atoms with van der Waals surface area (Å²) in [6, 6.07) is 18.9. The molecule has 2 heterocycles. The number of para-hydroxylation sites is 1. The number of aryl methyl sites for hydroxylation is 1. The summed E-state index contributed by atoms with van der Waals surface area (Å²) in [5.41, 5.74) is 4.21. The molecule has 0 aliphatic carbocycles. The number of aromatic nitrogens is 3. The van der Waals surface area contributed by atoms with Gasteiger partial charge >= 0.3 is 0 Å². The van der Waals surface area contributed by atoms with E-state index < -0.39 is 0 Å². The van der Waals surface area contributed by atoms with E-state index in [1.165, 1.54) is 11.8 Å². The van der Waals surface area contributed by atoms with Crippen LogP contribution in [-0.4, -0.2) is 39.4 Å². The van der Waals surface area contributed by atoms with Gasteiger partial charge in [0.2, 0.25) is 0 Å². The number of ether oxygens (including phenoxy) is 1. The number of thioether (sulfide) groups is 1. The van der Waals surface area contributed by atoms with Crippen LogP contribution in [0.3, 0.4) is 0 Å². The van der Waals surface area contributed by atoms with Gasteiger partial charge in [0.15, 0.2) is 10.9 Å². The van der Waals surface area contributed by atoms with Gasteiger partial charge in [0.25, 0.3) is 5.56 Å². The first-order valence-electron chi connectivity index (χ1n) is 11.3. The molecule has 0 radical (unpaired) electrons. The number of hydrogen-bond donors (Lipinski definition) is 0. The lowest BCUT2D eigenvalue weighted by molar-refractivity contribution is 0.102. The smallest absolute Gasteiger partial charge is 0.262 e. The summed E-state index contributed by atoms with van der Waals surface area (Å²) < 4.78 is 9.00. The SMILES string of the molecule is COCCn1c(C)cc(C(=O)CSc2nc3ccccc3c(=O)n2C(C)c2ccccc2)c1C. The fourth-order valence-corrected chi connectivity index (χ4v) is 5.23. The van der Waals surface area contributed by atoms with Crippen molar-refractivity contribution in [2.24, 2.45) is 0 Å². The molecule has 4 aromatic rings. The highest BCUT2D eigenvalue weighted by molar-refractivity contribution is 7.99. The zero-order valence-electron chi connectivity index (χ0n) is 19.9. The van der Waals surface area contributed by atoms with Crippen molar-refractivity contribution in [2.75, 3.05) is 19.5 Å². The van der Waals surface area contributed by atoms with E-state index in [1.54, 1.807) is 17.7 Å². The Balaban J connectivity index is 1.68. The number of carbonyl (C=O) groups excluding carboxylic acids is 1. The molecular formula is C27H29N3O3S. The number of ketones is 1. The topological polar surface area (TPSA) is 66.1 Å². The van der Waals surface area contributed by atoms with Crippen molar-refractivity contribution in [3.63, 3.8) is 0 Å². The van der Waals surface area contributed by atoms with Crippen LogP contribution in [0.15, 0.2) is 70.6 Å². The Bertz CT molecular complexity index is 1380. The van der Waals surface area contributed by atoms with Crippen LogP contribution in [0.25, 0.3) is 10.9 Å². The van der Waals surface area contributed by atoms with Crippen molar-refractivity contribution in [2.45, 2.75) is 38.5 Å². The first-order chi connectivity index (χ1) is 16.4. The van der Waals surface area contributed by atoms with Crippen LogP contribution >= 0.6 is 11.8 Å². The molecule has 0 amide bonds. The summed E-state index contributed by atoms with van der Waals surface area (Å²) in [7, 11) is 1.67. The molecule has 2 aromatic carbocycles. The molecule has 0 aliphatic heterocycles. The van der Waals surface area contributed by atoms with Crippen molar-refractivity contribution < 1.29 is 9.53 Å². The molecule has 176 valence electrons. The number of methoxy groups -OCH3 is 1. The number of benzene rings is 2. The molecule has 0 spiro atoms. The first-order valence-corrected chi connectivity index (χ1v) is 12.3. The minimum Gasteiger partial charge on any atom is -0.383 e. The van der Waals surface area contributed by atoms with Crippen molar-refractivity contribution in [3.05, 3.63) is 93.5 Å². The first kappa shape index (κ1) is 24.0. The van der Waals surface area contributed by atoms with Gasteiger partial charge in [-0.3, -0.25) is 14.2 Å². The summed E-state index contributed by atoms with van der Waals surface area (Å²) >= 11 is 1.31. The van der Waals surface area contributed by atoms with Gasteiger partial charge in [-0.25, -0.2) is 4.98 Å². The molecule has 0 fully saturated rings. The number of rotatable bonds is 9. The minimum absolute atomic E-state index is 0.0167. The number of hydrogen-bond acceptors (Lipinski definition) is 5. The van der Waals surface area contributed by atoms with E-state index in [2.05, 4.69) is 4.57 Å². The predicted molar refractivity (Wildman–Crippen MR) is 137 cm³/mol. The molecule has 0 bridgehead atoms. The van der Waals surface area contributed by atoms with Gasteiger partial charge in [0, 0.05) is 30.6 Å². The maximum atomic E-state index is 13.5. The Morgan fingerprint density at radius 3 is 2.53 bits per heavy atom. The third-order valence-electron chi connectivity index (χ3n) is 6.17. The largest absolute Gasteiger partial charge is 0.383 e. The lowest BCUT2D eigenvalue weighted by Crippen LogP contribution is -2.27. The zero-order chi connectivity index (χ0) is 24.2. The second-order valence-corrected chi connectivity index (χ2v) is 9.26. The highest BCUT2D eigenvalue weighted by Crippen LogP contribution is 2.26. The van der Waals surface area contributed by atoms with Crippen LogP contribution in [-0.2, 0) is 11.3 Å². The van der Waals surface area contributed by atoms with Crippen LogP contribution in [0.2, 0.25) is 0 Å². The third kappa shape index (κ3) is 4.72. The molecule has 2 aromatic heterocycles. The Morgan fingerprint density at radius 2 is 1.79 bits per heavy atom. The van der Waals surface area contributed by atoms with Crippen molar-refractivity contribution in [1.82, 2.24) is 14.1 Å². The molecule has 0 saturated heterocycles. The average Bonchev–Trinajstić information content (AvgIpc) is 3.14. The molecular weight excluding hydrogens is 446 g/mol. The molecule has 1 unspecified atom stereocenters. The summed E-state index contributed by atoms with van der Waals surface area (Å²) in [6.07, 6.45) is 0. The predicted octanol–water partition coefficient (Wildman–Crippen LogP) is 5.05. The fourth-order valence-electron chi connectivity index (χ4n) is 4.27. The van der Waals surface area contributed by atoms with E-state index in [0.29, 0.717) is 34.8 Å². The van der Waals surface area contributed by atoms with Gasteiger partial charge in [0.1, 0.15) is 0 Å². The number of carbonyl (C=O) groups is 1. The molecule has 4 rings (SSSR count). The van der Waals surface area contributed by atoms with E-state index in [-0.39, 0.29) is 23.1 Å². The average molecular weight is 476 g/mol. The van der Waals surface area contributed by atoms with E-state index in [4.69, 9.17) is 9.72 Å². The second-order valence-electron chi connectivity index (χ2n) is 8.31. The maximum Gasteiger partial charge on any atom is 0.262 e. The van der Waals surface area contributed by atoms with Gasteiger partial charge < -0.3 is 9.30 Å². The molecule has 0 N–H and O–H groups in total. The lowest BCUT2D eigenvalue weighted by Gasteiger charge is -2.20. The third-order valence-corrected chi connectivity index (χ3v) is 7.12. The molecule has 7 heteroatoms. The van der Waals surface area contributed by atoms with Gasteiger partial charge in [-0.2, -0.15) is 0 Å². The quantitative estimate of drug-likeness (QED) is 0.193. The van der Waals surface area contributed by atoms with E-state index >= 15 is 0 Å². The van der Waals surface area contributed by atoms with Gasteiger partial charge in [-0.1, -0.05) is 54.2 Å². The number of Topliss-reactive ketones (excluding diaryl/α,β-unsaturated/α-hetero) is 1. The van der Waals surface area contributed by atoms with E-state index in [1.807, 2.05) is 75.4 Å². The van der Waals surface area contributed by atoms with Crippen LogP contribution in [0.4, 0.5) is 0 Å². The molecule has 1 atom stereocenters. The van der Waals surface area contributed by atoms with Gasteiger partial charge in [0.05, 0.1) is 29.3 Å². The van der Waals surface area contributed by atoms with Crippen LogP contribution < -0.4 is 5.56 Å². The Morgan fingerprint density at radius 1 is 1.09 bits per heavy atom. The molecule has 0 aliphatic rings. The van der Waals surface area contributed by atoms with Crippen molar-refractivity contribution in [3.8, 4) is 0 Å². The summed E-state index contributed by atoms with van der Waals surface area (Å²) in [4.78, 5) is 31.5. The van der Waals surface area contributed by atoms with Crippen molar-refractivity contribution >= 4 is 28.4 Å². The normalized spacial score (nSPS) is 12.2. The van der Waals surface area contributed by atoms with E-state index in [0.717, 1.165) is 17.0 Å². The molecule has 0 saturated carbocycles. The molecule has 6 nitrogen and oxygen atoms in total. The molecule has 34 heavy (non-hydrogen) atoms. The summed E-state index contributed by atoms with van der Waals surface area (Å²) in [6.45, 7) is 7.24. The zero-order valence-corrected chi connectivity index (χ0v) is 20.8. The van der Waals surface area contributed by atoms with Crippen LogP contribution in [0.5, 0.6) is 0 Å². The van der Waals surface area contributed by atoms with Gasteiger partial charge in [-0.15, -0.1) is 0 Å². The Kier molecular flexibility index (Phi) is 7.34. The Hall–Kier alpha value is -3.16. The van der Waals surface area contributed by atoms with Crippen LogP contribution in [0, 0.1) is 13.8 Å². The second kappa shape index (κ2) is 10.4. The standard InChI is InChI=1S/C27H29N3O3S/c1-18-16-23(20(3)29(18)14-15-33-4)25(31)17-34-27-28-24-13-9-8-12-22(24)26(32)30(27)19(2)21-10-6-5-7-11-21/h5-13,16,19H,14-15,17H2,1-4H3. The fraction of sp³-hybridized carbons (Fsp3) is 0.296. The lowest BCUT2D eigenvalue weighted by atomic mass is 10.1.